The molecule has 8 heterocycles. The van der Waals surface area contributed by atoms with Gasteiger partial charge in [-0.15, -0.1) is 0 Å². The lowest BCUT2D eigenvalue weighted by molar-refractivity contribution is -0.136. The van der Waals surface area contributed by atoms with Crippen molar-refractivity contribution in [1.82, 2.24) is 34.5 Å². The van der Waals surface area contributed by atoms with E-state index in [1.807, 2.05) is 24.4 Å². The number of piperidine rings is 4. The van der Waals surface area contributed by atoms with Crippen LogP contribution in [-0.4, -0.2) is 138 Å². The fraction of sp³-hybridized carbons (Fsp3) is 0.520. The largest absolute Gasteiger partial charge is 0.496 e. The van der Waals surface area contributed by atoms with E-state index in [9.17, 15) is 24.0 Å². The average molecular weight is 885 g/mol. The highest BCUT2D eigenvalue weighted by Gasteiger charge is 2.45. The van der Waals surface area contributed by atoms with E-state index in [1.165, 1.54) is 51.6 Å². The zero-order chi connectivity index (χ0) is 45.0. The Bertz CT molecular complexity index is 2560. The summed E-state index contributed by atoms with van der Waals surface area (Å²) in [6, 6.07) is 11.2. The van der Waals surface area contributed by atoms with Crippen molar-refractivity contribution >= 4 is 40.1 Å². The van der Waals surface area contributed by atoms with Crippen molar-refractivity contribution in [3.63, 3.8) is 0 Å². The number of ether oxygens (including phenoxy) is 2. The summed E-state index contributed by atoms with van der Waals surface area (Å²) >= 11 is 0. The third-order valence-electron chi connectivity index (χ3n) is 15.7. The Morgan fingerprint density at radius 2 is 1.46 bits per heavy atom. The highest BCUT2D eigenvalue weighted by Crippen LogP contribution is 2.44. The molecular weight excluding hydrogens is 825 g/mol. The molecule has 0 saturated carbocycles. The fourth-order valence-corrected chi connectivity index (χ4v) is 11.8. The molecule has 4 amide bonds. The number of imide groups is 2. The van der Waals surface area contributed by atoms with Crippen LogP contribution in [0.5, 0.6) is 11.5 Å². The number of hydrogen-bond donors (Lipinski definition) is 1. The summed E-state index contributed by atoms with van der Waals surface area (Å²) in [7, 11) is 5.20. The van der Waals surface area contributed by atoms with E-state index in [1.54, 1.807) is 44.3 Å². The van der Waals surface area contributed by atoms with Gasteiger partial charge in [0, 0.05) is 75.5 Å². The summed E-state index contributed by atoms with van der Waals surface area (Å²) in [4.78, 5) is 79.2. The lowest BCUT2D eigenvalue weighted by atomic mass is 9.71. The number of benzene rings is 2. The van der Waals surface area contributed by atoms with Gasteiger partial charge in [0.05, 0.1) is 36.3 Å². The Balaban J connectivity index is 0.686. The van der Waals surface area contributed by atoms with Crippen molar-refractivity contribution in [3.05, 3.63) is 82.0 Å². The van der Waals surface area contributed by atoms with Gasteiger partial charge in [-0.2, -0.15) is 0 Å². The quantitative estimate of drug-likeness (QED) is 0.221. The van der Waals surface area contributed by atoms with Gasteiger partial charge in [0.15, 0.2) is 0 Å². The minimum absolute atomic E-state index is 0.0749. The number of anilines is 1. The second-order valence-electron chi connectivity index (χ2n) is 19.4. The lowest BCUT2D eigenvalue weighted by Crippen LogP contribution is -2.54. The molecule has 10 rings (SSSR count). The van der Waals surface area contributed by atoms with Crippen molar-refractivity contribution < 1.29 is 28.7 Å². The van der Waals surface area contributed by atoms with Crippen LogP contribution in [0.25, 0.3) is 21.9 Å². The summed E-state index contributed by atoms with van der Waals surface area (Å²) < 4.78 is 13.6. The molecule has 342 valence electrons. The number of fused-ring (bicyclic) bond motifs is 2. The number of carbonyl (C=O) groups is 4. The van der Waals surface area contributed by atoms with Crippen molar-refractivity contribution in [1.29, 1.82) is 0 Å². The predicted octanol–water partition coefficient (Wildman–Crippen LogP) is 4.69. The van der Waals surface area contributed by atoms with E-state index in [0.717, 1.165) is 103 Å². The van der Waals surface area contributed by atoms with Gasteiger partial charge in [-0.25, -0.2) is 0 Å². The van der Waals surface area contributed by atoms with Crippen molar-refractivity contribution in [2.24, 2.45) is 18.4 Å². The first-order valence-electron chi connectivity index (χ1n) is 23.5. The van der Waals surface area contributed by atoms with Crippen LogP contribution in [-0.2, 0) is 23.2 Å². The van der Waals surface area contributed by atoms with Crippen LogP contribution in [0.3, 0.4) is 0 Å². The molecule has 2 aromatic heterocycles. The molecule has 5 fully saturated rings. The normalized spacial score (nSPS) is 23.4. The maximum atomic E-state index is 13.4. The summed E-state index contributed by atoms with van der Waals surface area (Å²) in [5, 5.41) is 3.70. The maximum Gasteiger partial charge on any atom is 0.262 e. The van der Waals surface area contributed by atoms with Gasteiger partial charge >= 0.3 is 0 Å². The van der Waals surface area contributed by atoms with E-state index in [2.05, 4.69) is 42.0 Å². The lowest BCUT2D eigenvalue weighted by Gasteiger charge is -2.49. The highest BCUT2D eigenvalue weighted by atomic mass is 16.5. The number of amides is 4. The van der Waals surface area contributed by atoms with Crippen molar-refractivity contribution in [2.75, 3.05) is 78.0 Å². The smallest absolute Gasteiger partial charge is 0.262 e. The SMILES string of the molecule is COc1cc(-c2cn(C)c(=O)c3cnccc23)cc(OC)c1CN1CCC2(CC1)CCN(C1CCN(CC3CCN(c4ccc5c(c4)C(=O)N(C4CCC(=O)NC4=O)C5=O)C3)CC1)CC2. The first-order chi connectivity index (χ1) is 31.5. The number of carbonyl (C=O) groups excluding carboxylic acids is 4. The standard InChI is InChI=1S/C50H60N8O7/c1-53-30-40(36-8-16-51-27-39(36)47(53)61)33-24-43(64-2)41(44(25-33)65-3)31-55-20-12-50(13-21-55)14-22-56(23-15-50)34-10-17-54(18-11-34)28-32-9-19-57(29-32)35-4-5-37-38(26-35)49(63)58(48(37)62)42-6-7-45(59)52-46(42)60/h4-5,8,16,24-27,30,32,34,42H,6-7,9-15,17-23,28-29,31H2,1-3H3,(H,52,59,60). The van der Waals surface area contributed by atoms with Gasteiger partial charge in [-0.1, -0.05) is 0 Å². The molecule has 2 unspecified atom stereocenters. The molecule has 0 bridgehead atoms. The van der Waals surface area contributed by atoms with Crippen LogP contribution in [0.15, 0.2) is 59.8 Å². The molecule has 1 spiro atoms. The maximum absolute atomic E-state index is 13.4. The van der Waals surface area contributed by atoms with Crippen LogP contribution in [0.2, 0.25) is 0 Å². The van der Waals surface area contributed by atoms with Crippen LogP contribution in [0.4, 0.5) is 5.69 Å². The van der Waals surface area contributed by atoms with E-state index in [4.69, 9.17) is 9.47 Å². The van der Waals surface area contributed by atoms with Crippen LogP contribution in [0, 0.1) is 11.3 Å². The van der Waals surface area contributed by atoms with E-state index in [-0.39, 0.29) is 24.3 Å². The second kappa shape index (κ2) is 17.6. The second-order valence-corrected chi connectivity index (χ2v) is 19.4. The zero-order valence-electron chi connectivity index (χ0n) is 37.9. The zero-order valence-corrected chi connectivity index (χ0v) is 37.9. The third kappa shape index (κ3) is 8.20. The summed E-state index contributed by atoms with van der Waals surface area (Å²) in [5.74, 6) is 0.216. The molecular formula is C50H60N8O7. The first-order valence-corrected chi connectivity index (χ1v) is 23.5. The monoisotopic (exact) mass is 884 g/mol. The third-order valence-corrected chi connectivity index (χ3v) is 15.7. The summed E-state index contributed by atoms with van der Waals surface area (Å²) in [5.41, 5.74) is 4.84. The molecule has 6 aliphatic heterocycles. The van der Waals surface area contributed by atoms with Gasteiger partial charge < -0.3 is 28.7 Å². The van der Waals surface area contributed by atoms with E-state index < -0.39 is 23.8 Å². The summed E-state index contributed by atoms with van der Waals surface area (Å²) in [6.07, 6.45) is 13.9. The minimum Gasteiger partial charge on any atom is -0.496 e. The molecule has 2 aromatic carbocycles. The number of nitrogens with one attached hydrogen (secondary N) is 1. The Kier molecular flexibility index (Phi) is 11.7. The summed E-state index contributed by atoms with van der Waals surface area (Å²) in [6.45, 7) is 10.3. The fourth-order valence-electron chi connectivity index (χ4n) is 11.8. The molecule has 15 heteroatoms. The highest BCUT2D eigenvalue weighted by molar-refractivity contribution is 6.23. The van der Waals surface area contributed by atoms with Crippen molar-refractivity contribution in [2.45, 2.75) is 76.4 Å². The van der Waals surface area contributed by atoms with E-state index in [0.29, 0.717) is 33.9 Å². The number of rotatable bonds is 10. The minimum atomic E-state index is -0.957. The van der Waals surface area contributed by atoms with Gasteiger partial charge in [0.1, 0.15) is 17.5 Å². The Hall–Kier alpha value is -5.64. The van der Waals surface area contributed by atoms with Gasteiger partial charge in [-0.05, 0) is 149 Å². The predicted molar refractivity (Wildman–Crippen MR) is 246 cm³/mol. The van der Waals surface area contributed by atoms with Gasteiger partial charge in [-0.3, -0.25) is 44.1 Å². The van der Waals surface area contributed by atoms with Crippen LogP contribution < -0.4 is 25.2 Å². The average Bonchev–Trinajstić information content (AvgIpc) is 3.89. The molecule has 4 aromatic rings. The van der Waals surface area contributed by atoms with E-state index >= 15 is 0 Å². The van der Waals surface area contributed by atoms with Crippen molar-refractivity contribution in [3.8, 4) is 22.6 Å². The van der Waals surface area contributed by atoms with Crippen LogP contribution >= 0.6 is 0 Å². The Morgan fingerprint density at radius 1 is 0.754 bits per heavy atom. The number of methoxy groups -OCH3 is 2. The molecule has 2 atom stereocenters. The van der Waals surface area contributed by atoms with Crippen LogP contribution in [0.1, 0.15) is 84.1 Å². The molecule has 0 aliphatic carbocycles. The number of hydrogen-bond acceptors (Lipinski definition) is 12. The molecule has 0 radical (unpaired) electrons. The van der Waals surface area contributed by atoms with Gasteiger partial charge in [0.25, 0.3) is 17.4 Å². The molecule has 6 aliphatic rings. The number of likely N-dealkylation sites (tertiary alicyclic amines) is 3. The molecule has 65 heavy (non-hydrogen) atoms. The molecule has 15 nitrogen and oxygen atoms in total. The Labute approximate surface area is 379 Å². The van der Waals surface area contributed by atoms with Gasteiger partial charge in [0.2, 0.25) is 11.8 Å². The number of aryl methyl sites for hydroxylation is 1. The Morgan fingerprint density at radius 3 is 2.17 bits per heavy atom. The number of nitrogens with zero attached hydrogens (tertiary/aromatic N) is 7. The molecule has 1 N–H and O–H groups in total. The number of aromatic nitrogens is 2. The topological polar surface area (TPSA) is 150 Å². The molecule has 5 saturated heterocycles. The first kappa shape index (κ1) is 43.3. The number of pyridine rings is 2.